The highest BCUT2D eigenvalue weighted by molar-refractivity contribution is 5.20. The van der Waals surface area contributed by atoms with Crippen LogP contribution in [0.5, 0.6) is 5.75 Å². The van der Waals surface area contributed by atoms with Gasteiger partial charge in [-0.05, 0) is 17.7 Å². The van der Waals surface area contributed by atoms with Crippen LogP contribution >= 0.6 is 0 Å². The molecule has 0 bridgehead atoms. The first-order chi connectivity index (χ1) is 11.8. The summed E-state index contributed by atoms with van der Waals surface area (Å²) in [5, 5.41) is 10.2. The lowest BCUT2D eigenvalue weighted by Gasteiger charge is -2.35. The summed E-state index contributed by atoms with van der Waals surface area (Å²) < 4.78 is 5.62. The van der Waals surface area contributed by atoms with Gasteiger partial charge in [-0.2, -0.15) is 0 Å². The molecule has 0 aromatic heterocycles. The molecule has 0 radical (unpaired) electrons. The van der Waals surface area contributed by atoms with Crippen LogP contribution in [0.1, 0.15) is 5.56 Å². The lowest BCUT2D eigenvalue weighted by Crippen LogP contribution is -2.48. The number of piperazine rings is 1. The molecule has 1 unspecified atom stereocenters. The molecule has 4 heteroatoms. The molecule has 1 atom stereocenters. The van der Waals surface area contributed by atoms with Gasteiger partial charge in [0.05, 0.1) is 0 Å². The monoisotopic (exact) mass is 326 g/mol. The highest BCUT2D eigenvalue weighted by atomic mass is 16.5. The van der Waals surface area contributed by atoms with Crippen LogP contribution in [-0.2, 0) is 6.54 Å². The highest BCUT2D eigenvalue weighted by Gasteiger charge is 2.19. The van der Waals surface area contributed by atoms with Crippen LogP contribution in [0.2, 0.25) is 0 Å². The lowest BCUT2D eigenvalue weighted by molar-refractivity contribution is 0.0446. The second kappa shape index (κ2) is 8.83. The maximum Gasteiger partial charge on any atom is 0.119 e. The fourth-order valence-corrected chi connectivity index (χ4v) is 3.03. The van der Waals surface area contributed by atoms with E-state index < -0.39 is 6.10 Å². The maximum absolute atomic E-state index is 10.2. The van der Waals surface area contributed by atoms with Crippen molar-refractivity contribution in [2.24, 2.45) is 0 Å². The normalized spacial score (nSPS) is 17.5. The minimum absolute atomic E-state index is 0.342. The van der Waals surface area contributed by atoms with Gasteiger partial charge in [-0.3, -0.25) is 9.80 Å². The first-order valence-electron chi connectivity index (χ1n) is 8.64. The van der Waals surface area contributed by atoms with Gasteiger partial charge in [0, 0.05) is 39.3 Å². The Morgan fingerprint density at radius 1 is 0.833 bits per heavy atom. The van der Waals surface area contributed by atoms with E-state index in [2.05, 4.69) is 40.1 Å². The number of para-hydroxylation sites is 1. The first-order valence-corrected chi connectivity index (χ1v) is 8.64. The van der Waals surface area contributed by atoms with Crippen LogP contribution in [-0.4, -0.2) is 60.3 Å². The average Bonchev–Trinajstić information content (AvgIpc) is 2.63. The minimum atomic E-state index is -0.453. The third kappa shape index (κ3) is 5.34. The molecule has 3 rings (SSSR count). The number of aliphatic hydroxyl groups is 1. The molecule has 0 amide bonds. The van der Waals surface area contributed by atoms with Crippen LogP contribution in [0.25, 0.3) is 0 Å². The van der Waals surface area contributed by atoms with E-state index in [4.69, 9.17) is 4.74 Å². The van der Waals surface area contributed by atoms with Crippen molar-refractivity contribution in [1.29, 1.82) is 0 Å². The largest absolute Gasteiger partial charge is 0.491 e. The molecular weight excluding hydrogens is 300 g/mol. The molecule has 4 nitrogen and oxygen atoms in total. The number of aliphatic hydroxyl groups excluding tert-OH is 1. The van der Waals surface area contributed by atoms with Gasteiger partial charge in [0.25, 0.3) is 0 Å². The van der Waals surface area contributed by atoms with Gasteiger partial charge in [-0.25, -0.2) is 0 Å². The Balaban J connectivity index is 1.36. The summed E-state index contributed by atoms with van der Waals surface area (Å²) in [6, 6.07) is 20.3. The van der Waals surface area contributed by atoms with Crippen molar-refractivity contribution in [1.82, 2.24) is 9.80 Å². The Morgan fingerprint density at radius 2 is 1.42 bits per heavy atom. The standard InChI is InChI=1S/C20H26N2O2/c23-19(17-24-20-9-5-2-6-10-20)16-22-13-11-21(12-14-22)15-18-7-3-1-4-8-18/h1-10,19,23H,11-17H2. The minimum Gasteiger partial charge on any atom is -0.491 e. The molecule has 24 heavy (non-hydrogen) atoms. The molecule has 1 heterocycles. The molecule has 2 aromatic rings. The Labute approximate surface area is 144 Å². The van der Waals surface area contributed by atoms with E-state index in [1.54, 1.807) is 0 Å². The molecule has 0 saturated carbocycles. The number of nitrogens with zero attached hydrogens (tertiary/aromatic N) is 2. The Morgan fingerprint density at radius 3 is 2.08 bits per heavy atom. The Bertz CT molecular complexity index is 583. The number of benzene rings is 2. The molecule has 1 aliphatic heterocycles. The SMILES string of the molecule is OC(COc1ccccc1)CN1CCN(Cc2ccccc2)CC1. The zero-order valence-corrected chi connectivity index (χ0v) is 14.1. The molecule has 1 aliphatic rings. The van der Waals surface area contributed by atoms with Gasteiger partial charge in [-0.1, -0.05) is 48.5 Å². The zero-order chi connectivity index (χ0) is 16.6. The molecule has 0 spiro atoms. The summed E-state index contributed by atoms with van der Waals surface area (Å²) in [6.45, 7) is 6.10. The van der Waals surface area contributed by atoms with Crippen molar-refractivity contribution in [2.45, 2.75) is 12.6 Å². The number of ether oxygens (including phenoxy) is 1. The van der Waals surface area contributed by atoms with Crippen molar-refractivity contribution in [2.75, 3.05) is 39.3 Å². The summed E-state index contributed by atoms with van der Waals surface area (Å²) in [5.74, 6) is 0.809. The molecule has 2 aromatic carbocycles. The van der Waals surface area contributed by atoms with Gasteiger partial charge < -0.3 is 9.84 Å². The molecule has 1 saturated heterocycles. The zero-order valence-electron chi connectivity index (χ0n) is 14.1. The van der Waals surface area contributed by atoms with Crippen molar-refractivity contribution in [3.63, 3.8) is 0 Å². The van der Waals surface area contributed by atoms with Crippen LogP contribution in [0.3, 0.4) is 0 Å². The molecule has 1 N–H and O–H groups in total. The lowest BCUT2D eigenvalue weighted by atomic mass is 10.2. The van der Waals surface area contributed by atoms with Crippen molar-refractivity contribution in [3.05, 3.63) is 66.2 Å². The van der Waals surface area contributed by atoms with Gasteiger partial charge >= 0.3 is 0 Å². The molecular formula is C20H26N2O2. The number of β-amino-alcohol motifs (C(OH)–C–C–N with tert-alkyl or cyclic N) is 1. The average molecular weight is 326 g/mol. The first kappa shape index (κ1) is 17.0. The third-order valence-corrected chi connectivity index (χ3v) is 4.37. The summed E-state index contributed by atoms with van der Waals surface area (Å²) in [5.41, 5.74) is 1.36. The third-order valence-electron chi connectivity index (χ3n) is 4.37. The topological polar surface area (TPSA) is 35.9 Å². The van der Waals surface area contributed by atoms with E-state index >= 15 is 0 Å². The summed E-state index contributed by atoms with van der Waals surface area (Å²) >= 11 is 0. The summed E-state index contributed by atoms with van der Waals surface area (Å²) in [7, 11) is 0. The molecule has 0 aliphatic carbocycles. The molecule has 128 valence electrons. The van der Waals surface area contributed by atoms with Crippen LogP contribution in [0, 0.1) is 0 Å². The van der Waals surface area contributed by atoms with Crippen LogP contribution < -0.4 is 4.74 Å². The smallest absolute Gasteiger partial charge is 0.119 e. The van der Waals surface area contributed by atoms with Crippen LogP contribution in [0.4, 0.5) is 0 Å². The predicted octanol–water partition coefficient (Wildman–Crippen LogP) is 2.24. The Hall–Kier alpha value is -1.88. The highest BCUT2D eigenvalue weighted by Crippen LogP contribution is 2.11. The van der Waals surface area contributed by atoms with E-state index in [1.807, 2.05) is 30.3 Å². The predicted molar refractivity (Wildman–Crippen MR) is 96.1 cm³/mol. The molecule has 1 fully saturated rings. The Kier molecular flexibility index (Phi) is 6.24. The van der Waals surface area contributed by atoms with Gasteiger partial charge in [0.1, 0.15) is 18.5 Å². The fraction of sp³-hybridized carbons (Fsp3) is 0.400. The van der Waals surface area contributed by atoms with Crippen LogP contribution in [0.15, 0.2) is 60.7 Å². The number of hydrogen-bond donors (Lipinski definition) is 1. The van der Waals surface area contributed by atoms with Crippen molar-refractivity contribution < 1.29 is 9.84 Å². The van der Waals surface area contributed by atoms with E-state index in [0.717, 1.165) is 38.5 Å². The van der Waals surface area contributed by atoms with Gasteiger partial charge in [0.15, 0.2) is 0 Å². The summed E-state index contributed by atoms with van der Waals surface area (Å²) in [6.07, 6.45) is -0.453. The van der Waals surface area contributed by atoms with Crippen molar-refractivity contribution >= 4 is 0 Å². The van der Waals surface area contributed by atoms with E-state index in [9.17, 15) is 5.11 Å². The van der Waals surface area contributed by atoms with E-state index in [1.165, 1.54) is 5.56 Å². The van der Waals surface area contributed by atoms with E-state index in [0.29, 0.717) is 13.2 Å². The van der Waals surface area contributed by atoms with E-state index in [-0.39, 0.29) is 0 Å². The van der Waals surface area contributed by atoms with Gasteiger partial charge in [0.2, 0.25) is 0 Å². The van der Waals surface area contributed by atoms with Gasteiger partial charge in [-0.15, -0.1) is 0 Å². The second-order valence-electron chi connectivity index (χ2n) is 6.34. The maximum atomic E-state index is 10.2. The second-order valence-corrected chi connectivity index (χ2v) is 6.34. The summed E-state index contributed by atoms with van der Waals surface area (Å²) in [4.78, 5) is 4.79. The van der Waals surface area contributed by atoms with Crippen molar-refractivity contribution in [3.8, 4) is 5.75 Å². The number of hydrogen-bond acceptors (Lipinski definition) is 4. The fourth-order valence-electron chi connectivity index (χ4n) is 3.03. The quantitative estimate of drug-likeness (QED) is 0.846. The number of rotatable bonds is 7.